The lowest BCUT2D eigenvalue weighted by atomic mass is 9.99. The van der Waals surface area contributed by atoms with E-state index >= 15 is 0 Å². The summed E-state index contributed by atoms with van der Waals surface area (Å²) < 4.78 is 17.7. The fraction of sp³-hybridized carbons (Fsp3) is 0.127. The van der Waals surface area contributed by atoms with Crippen LogP contribution in [0.3, 0.4) is 0 Å². The van der Waals surface area contributed by atoms with Gasteiger partial charge in [-0.15, -0.1) is 0 Å². The van der Waals surface area contributed by atoms with E-state index in [1.165, 1.54) is 0 Å². The molecule has 2 heterocycles. The topological polar surface area (TPSA) is 68.8 Å². The van der Waals surface area contributed by atoms with Gasteiger partial charge in [-0.25, -0.2) is 0 Å². The number of rotatable bonds is 10. The van der Waals surface area contributed by atoms with Gasteiger partial charge in [0, 0.05) is 50.2 Å². The van der Waals surface area contributed by atoms with Crippen LogP contribution in [0, 0.1) is 13.8 Å². The van der Waals surface area contributed by atoms with Gasteiger partial charge in [-0.05, 0) is 99.5 Å². The van der Waals surface area contributed by atoms with Crippen molar-refractivity contribution in [1.82, 2.24) is 9.13 Å². The summed E-state index contributed by atoms with van der Waals surface area (Å²) in [4.78, 5) is 0. The maximum absolute atomic E-state index is 12.1. The Morgan fingerprint density at radius 1 is 0.410 bits per heavy atom. The number of para-hydroxylation sites is 6. The first-order valence-electron chi connectivity index (χ1n) is 20.9. The zero-order valence-electron chi connectivity index (χ0n) is 34.6. The van der Waals surface area contributed by atoms with Crippen LogP contribution >= 0.6 is 0 Å². The smallest absolute Gasteiger partial charge is 0.147 e. The number of hydrogen-bond acceptors (Lipinski definition) is 4. The molecule has 0 fully saturated rings. The third kappa shape index (κ3) is 6.61. The molecule has 2 atom stereocenters. The van der Waals surface area contributed by atoms with E-state index in [2.05, 4.69) is 95.8 Å². The lowest BCUT2D eigenvalue weighted by molar-refractivity contribution is 0.131. The lowest BCUT2D eigenvalue weighted by Crippen LogP contribution is -2.23. The summed E-state index contributed by atoms with van der Waals surface area (Å²) in [6.07, 6.45) is 0.115. The average molecular weight is 799 g/mol. The second-order valence-electron chi connectivity index (χ2n) is 16.2. The molecule has 6 nitrogen and oxygen atoms in total. The molecular weight excluding hydrogens is 753 g/mol. The normalized spacial score (nSPS) is 12.7. The minimum atomic E-state index is -0.235. The van der Waals surface area contributed by atoms with Gasteiger partial charge in [0.25, 0.3) is 0 Å². The number of phenols is 2. The molecule has 61 heavy (non-hydrogen) atoms. The molecule has 300 valence electrons. The summed E-state index contributed by atoms with van der Waals surface area (Å²) >= 11 is 0. The molecular formula is C55H46N2O4. The fourth-order valence-electron chi connectivity index (χ4n) is 9.22. The van der Waals surface area contributed by atoms with Crippen molar-refractivity contribution in [2.45, 2.75) is 46.3 Å². The van der Waals surface area contributed by atoms with Gasteiger partial charge in [-0.3, -0.25) is 0 Å². The van der Waals surface area contributed by atoms with Gasteiger partial charge in [-0.2, -0.15) is 0 Å². The van der Waals surface area contributed by atoms with Crippen molar-refractivity contribution in [3.05, 3.63) is 181 Å². The Kier molecular flexibility index (Phi) is 9.48. The van der Waals surface area contributed by atoms with E-state index < -0.39 is 0 Å². The molecule has 0 amide bonds. The Morgan fingerprint density at radius 3 is 1.08 bits per heavy atom. The first kappa shape index (κ1) is 37.8. The Morgan fingerprint density at radius 2 is 0.721 bits per heavy atom. The van der Waals surface area contributed by atoms with Crippen LogP contribution in [0.2, 0.25) is 0 Å². The SMILES string of the molecule is Cc1cc(-c2ccccc2OC(C)CC(C)Oc2ccccc2-c2cc(C)cc(-n3c4ccccc4c4ccccc43)c2O)c(O)c(-n2c3ccccc3c3ccccc32)c1. The maximum atomic E-state index is 12.1. The van der Waals surface area contributed by atoms with Crippen LogP contribution in [-0.4, -0.2) is 31.6 Å². The van der Waals surface area contributed by atoms with E-state index in [-0.39, 0.29) is 23.7 Å². The molecule has 2 aromatic heterocycles. The van der Waals surface area contributed by atoms with Crippen LogP contribution in [0.1, 0.15) is 31.4 Å². The minimum absolute atomic E-state index is 0.190. The number of aryl methyl sites for hydroxylation is 2. The van der Waals surface area contributed by atoms with Crippen molar-refractivity contribution in [2.24, 2.45) is 0 Å². The summed E-state index contributed by atoms with van der Waals surface area (Å²) in [7, 11) is 0. The zero-order valence-corrected chi connectivity index (χ0v) is 34.6. The van der Waals surface area contributed by atoms with Crippen LogP contribution in [0.4, 0.5) is 0 Å². The standard InChI is InChI=1S/C55H46N2O4/c1-34-29-44(54(58)50(31-34)56-46-23-11-5-17-38(46)39-18-6-12-24-47(39)56)42-21-9-15-27-52(42)60-36(3)33-37(4)61-53-28-16-10-22-43(53)45-30-35(2)32-51(55(45)59)57-48-25-13-7-19-40(48)41-20-8-14-26-49(41)57/h5-32,36-37,58-59H,33H2,1-4H3. The molecule has 2 N–H and O–H groups in total. The highest BCUT2D eigenvalue weighted by Gasteiger charge is 2.23. The second-order valence-corrected chi connectivity index (χ2v) is 16.2. The zero-order chi connectivity index (χ0) is 41.8. The number of fused-ring (bicyclic) bond motifs is 6. The van der Waals surface area contributed by atoms with E-state index in [9.17, 15) is 10.2 Å². The molecule has 10 rings (SSSR count). The van der Waals surface area contributed by atoms with E-state index in [1.54, 1.807) is 0 Å². The molecule has 0 spiro atoms. The molecule has 10 aromatic rings. The third-order valence-corrected chi connectivity index (χ3v) is 11.8. The van der Waals surface area contributed by atoms with Gasteiger partial charge in [0.2, 0.25) is 0 Å². The highest BCUT2D eigenvalue weighted by molar-refractivity contribution is 6.10. The maximum Gasteiger partial charge on any atom is 0.147 e. The molecule has 8 aromatic carbocycles. The van der Waals surface area contributed by atoms with E-state index in [0.29, 0.717) is 29.0 Å². The van der Waals surface area contributed by atoms with Crippen LogP contribution < -0.4 is 9.47 Å². The van der Waals surface area contributed by atoms with Crippen molar-refractivity contribution in [3.63, 3.8) is 0 Å². The number of nitrogens with zero attached hydrogens (tertiary/aromatic N) is 2. The van der Waals surface area contributed by atoms with Crippen molar-refractivity contribution in [2.75, 3.05) is 0 Å². The molecule has 0 saturated carbocycles. The average Bonchev–Trinajstić information content (AvgIpc) is 3.78. The summed E-state index contributed by atoms with van der Waals surface area (Å²) in [5, 5.41) is 28.8. The van der Waals surface area contributed by atoms with Gasteiger partial charge in [0.05, 0.1) is 45.6 Å². The summed E-state index contributed by atoms with van der Waals surface area (Å²) in [5.74, 6) is 1.74. The summed E-state index contributed by atoms with van der Waals surface area (Å²) in [6, 6.07) is 57.2. The molecule has 0 aliphatic rings. The first-order valence-corrected chi connectivity index (χ1v) is 20.9. The summed E-state index contributed by atoms with van der Waals surface area (Å²) in [5.41, 5.74) is 10.6. The quantitative estimate of drug-likeness (QED) is 0.145. The van der Waals surface area contributed by atoms with Crippen LogP contribution in [-0.2, 0) is 0 Å². The van der Waals surface area contributed by atoms with E-state index in [0.717, 1.165) is 77.2 Å². The van der Waals surface area contributed by atoms with Crippen molar-refractivity contribution in [3.8, 4) is 56.6 Å². The molecule has 6 heteroatoms. The van der Waals surface area contributed by atoms with Crippen LogP contribution in [0.25, 0.3) is 77.2 Å². The number of aromatic hydroxyl groups is 2. The van der Waals surface area contributed by atoms with Crippen LogP contribution in [0.15, 0.2) is 170 Å². The number of phenolic OH excluding ortho intramolecular Hbond substituents is 2. The number of benzene rings is 8. The number of aromatic nitrogens is 2. The Bertz CT molecular complexity index is 2960. The van der Waals surface area contributed by atoms with Crippen LogP contribution in [0.5, 0.6) is 23.0 Å². The van der Waals surface area contributed by atoms with Crippen molar-refractivity contribution < 1.29 is 19.7 Å². The highest BCUT2D eigenvalue weighted by atomic mass is 16.5. The first-order chi connectivity index (χ1) is 29.7. The summed E-state index contributed by atoms with van der Waals surface area (Å²) in [6.45, 7) is 8.22. The Labute approximate surface area is 355 Å². The van der Waals surface area contributed by atoms with E-state index in [1.807, 2.05) is 111 Å². The monoisotopic (exact) mass is 798 g/mol. The lowest BCUT2D eigenvalue weighted by Gasteiger charge is -2.24. The molecule has 0 aliphatic carbocycles. The largest absolute Gasteiger partial charge is 0.505 e. The highest BCUT2D eigenvalue weighted by Crippen LogP contribution is 2.45. The van der Waals surface area contributed by atoms with Gasteiger partial charge >= 0.3 is 0 Å². The molecule has 0 bridgehead atoms. The molecule has 0 aliphatic heterocycles. The molecule has 2 unspecified atom stereocenters. The van der Waals surface area contributed by atoms with Gasteiger partial charge in [-0.1, -0.05) is 109 Å². The van der Waals surface area contributed by atoms with E-state index in [4.69, 9.17) is 9.47 Å². The third-order valence-electron chi connectivity index (χ3n) is 11.8. The molecule has 0 radical (unpaired) electrons. The predicted molar refractivity (Wildman–Crippen MR) is 250 cm³/mol. The second kappa shape index (κ2) is 15.3. The van der Waals surface area contributed by atoms with Gasteiger partial charge in [0.1, 0.15) is 23.0 Å². The Hall–Kier alpha value is -7.44. The number of ether oxygens (including phenoxy) is 2. The number of hydrogen-bond donors (Lipinski definition) is 2. The predicted octanol–water partition coefficient (Wildman–Crippen LogP) is 13.9. The minimum Gasteiger partial charge on any atom is -0.505 e. The fourth-order valence-corrected chi connectivity index (χ4v) is 9.22. The Balaban J connectivity index is 0.936. The van der Waals surface area contributed by atoms with Crippen molar-refractivity contribution in [1.29, 1.82) is 0 Å². The van der Waals surface area contributed by atoms with Gasteiger partial charge < -0.3 is 28.8 Å². The molecule has 0 saturated heterocycles. The van der Waals surface area contributed by atoms with Crippen molar-refractivity contribution >= 4 is 43.6 Å². The van der Waals surface area contributed by atoms with Gasteiger partial charge in [0.15, 0.2) is 0 Å².